The number of carboxylic acids is 1. The first-order chi connectivity index (χ1) is 7.91. The van der Waals surface area contributed by atoms with E-state index < -0.39 is 30.3 Å². The molecule has 1 aromatic rings. The molecule has 1 unspecified atom stereocenters. The summed E-state index contributed by atoms with van der Waals surface area (Å²) in [4.78, 5) is 21.8. The molecule has 0 bridgehead atoms. The maximum atomic E-state index is 12.8. The molecule has 1 rings (SSSR count). The van der Waals surface area contributed by atoms with Crippen molar-refractivity contribution >= 4 is 27.8 Å². The van der Waals surface area contributed by atoms with Crippen molar-refractivity contribution in [2.24, 2.45) is 0 Å². The van der Waals surface area contributed by atoms with E-state index >= 15 is 0 Å². The number of carboxylic acid groups (broad SMARTS) is 1. The minimum atomic E-state index is -1.67. The van der Waals surface area contributed by atoms with Gasteiger partial charge in [-0.3, -0.25) is 4.79 Å². The molecule has 1 aromatic carbocycles. The minimum Gasteiger partial charge on any atom is -0.479 e. The molecule has 0 aliphatic rings. The average molecular weight is 306 g/mol. The quantitative estimate of drug-likeness (QED) is 0.766. The van der Waals surface area contributed by atoms with Crippen molar-refractivity contribution in [2.75, 3.05) is 6.54 Å². The maximum absolute atomic E-state index is 12.8. The van der Waals surface area contributed by atoms with E-state index in [1.807, 2.05) is 0 Å². The lowest BCUT2D eigenvalue weighted by atomic mass is 10.2. The summed E-state index contributed by atoms with van der Waals surface area (Å²) < 4.78 is 13.0. The first-order valence-corrected chi connectivity index (χ1v) is 5.35. The lowest BCUT2D eigenvalue weighted by Gasteiger charge is -2.08. The van der Waals surface area contributed by atoms with E-state index in [4.69, 9.17) is 10.2 Å². The van der Waals surface area contributed by atoms with Crippen molar-refractivity contribution < 1.29 is 24.2 Å². The second-order valence-corrected chi connectivity index (χ2v) is 4.04. The number of hydrogen-bond acceptors (Lipinski definition) is 3. The van der Waals surface area contributed by atoms with Crippen molar-refractivity contribution in [2.45, 2.75) is 6.10 Å². The lowest BCUT2D eigenvalue weighted by molar-refractivity contribution is -0.146. The van der Waals surface area contributed by atoms with Gasteiger partial charge in [-0.25, -0.2) is 9.18 Å². The van der Waals surface area contributed by atoms with Crippen LogP contribution in [0.4, 0.5) is 4.39 Å². The highest BCUT2D eigenvalue weighted by Gasteiger charge is 2.16. The number of hydrogen-bond donors (Lipinski definition) is 3. The summed E-state index contributed by atoms with van der Waals surface area (Å²) >= 11 is 3.00. The SMILES string of the molecule is O=C(NCC(O)C(=O)O)c1ccc(F)cc1Br. The first kappa shape index (κ1) is 13.6. The predicted molar refractivity (Wildman–Crippen MR) is 60.1 cm³/mol. The molecule has 92 valence electrons. The summed E-state index contributed by atoms with van der Waals surface area (Å²) in [5.74, 6) is -2.53. The zero-order valence-corrected chi connectivity index (χ0v) is 10.1. The number of halogens is 2. The molecule has 7 heteroatoms. The Kier molecular flexibility index (Phi) is 4.59. The van der Waals surface area contributed by atoms with Gasteiger partial charge in [0.05, 0.1) is 12.1 Å². The highest BCUT2D eigenvalue weighted by molar-refractivity contribution is 9.10. The molecule has 0 radical (unpaired) electrons. The predicted octanol–water partition coefficient (Wildman–Crippen LogP) is 0.763. The molecule has 0 saturated heterocycles. The second kappa shape index (κ2) is 5.74. The lowest BCUT2D eigenvalue weighted by Crippen LogP contribution is -2.36. The Morgan fingerprint density at radius 2 is 2.12 bits per heavy atom. The van der Waals surface area contributed by atoms with Crippen molar-refractivity contribution in [1.29, 1.82) is 0 Å². The molecule has 0 spiro atoms. The highest BCUT2D eigenvalue weighted by atomic mass is 79.9. The number of aliphatic hydroxyl groups is 1. The van der Waals surface area contributed by atoms with E-state index in [0.29, 0.717) is 0 Å². The number of aliphatic carboxylic acids is 1. The summed E-state index contributed by atoms with van der Waals surface area (Å²) in [7, 11) is 0. The van der Waals surface area contributed by atoms with E-state index in [1.165, 1.54) is 6.07 Å². The summed E-state index contributed by atoms with van der Waals surface area (Å²) in [6.07, 6.45) is -1.67. The van der Waals surface area contributed by atoms with Crippen LogP contribution in [0, 0.1) is 5.82 Å². The van der Waals surface area contributed by atoms with Gasteiger partial charge in [0.25, 0.3) is 5.91 Å². The van der Waals surface area contributed by atoms with Crippen LogP contribution in [0.5, 0.6) is 0 Å². The van der Waals surface area contributed by atoms with Gasteiger partial charge in [-0.1, -0.05) is 0 Å². The molecule has 0 aliphatic carbocycles. The van der Waals surface area contributed by atoms with Gasteiger partial charge in [-0.15, -0.1) is 0 Å². The first-order valence-electron chi connectivity index (χ1n) is 4.56. The topological polar surface area (TPSA) is 86.6 Å². The summed E-state index contributed by atoms with van der Waals surface area (Å²) in [5.41, 5.74) is 0.156. The Morgan fingerprint density at radius 1 is 1.47 bits per heavy atom. The third kappa shape index (κ3) is 3.79. The largest absolute Gasteiger partial charge is 0.479 e. The molecular weight excluding hydrogens is 297 g/mol. The smallest absolute Gasteiger partial charge is 0.334 e. The molecule has 0 saturated carbocycles. The normalized spacial score (nSPS) is 11.9. The fourth-order valence-electron chi connectivity index (χ4n) is 1.05. The van der Waals surface area contributed by atoms with Crippen molar-refractivity contribution in [3.05, 3.63) is 34.1 Å². The monoisotopic (exact) mass is 305 g/mol. The number of nitrogens with one attached hydrogen (secondary N) is 1. The Hall–Kier alpha value is -1.47. The van der Waals surface area contributed by atoms with E-state index in [0.717, 1.165) is 12.1 Å². The van der Waals surface area contributed by atoms with E-state index in [9.17, 15) is 14.0 Å². The van der Waals surface area contributed by atoms with Gasteiger partial charge in [0.15, 0.2) is 6.10 Å². The fraction of sp³-hybridized carbons (Fsp3) is 0.200. The van der Waals surface area contributed by atoms with Crippen molar-refractivity contribution in [3.8, 4) is 0 Å². The Bertz CT molecular complexity index is 452. The van der Waals surface area contributed by atoms with Crippen LogP contribution < -0.4 is 5.32 Å². The number of carbonyl (C=O) groups is 2. The summed E-state index contributed by atoms with van der Waals surface area (Å²) in [6, 6.07) is 3.47. The zero-order chi connectivity index (χ0) is 13.0. The molecule has 3 N–H and O–H groups in total. The van der Waals surface area contributed by atoms with Crippen LogP contribution in [0.1, 0.15) is 10.4 Å². The average Bonchev–Trinajstić information content (AvgIpc) is 2.25. The van der Waals surface area contributed by atoms with E-state index in [-0.39, 0.29) is 10.0 Å². The minimum absolute atomic E-state index is 0.156. The fourth-order valence-corrected chi connectivity index (χ4v) is 1.58. The Balaban J connectivity index is 2.67. The molecule has 0 fully saturated rings. The van der Waals surface area contributed by atoms with E-state index in [1.54, 1.807) is 0 Å². The Morgan fingerprint density at radius 3 is 2.65 bits per heavy atom. The third-order valence-corrected chi connectivity index (χ3v) is 2.57. The number of amides is 1. The number of rotatable bonds is 4. The summed E-state index contributed by atoms with van der Waals surface area (Å²) in [6.45, 7) is -0.419. The molecule has 1 atom stereocenters. The van der Waals surface area contributed by atoms with Crippen molar-refractivity contribution in [3.63, 3.8) is 0 Å². The van der Waals surface area contributed by atoms with Crippen LogP contribution in [-0.2, 0) is 4.79 Å². The molecule has 17 heavy (non-hydrogen) atoms. The van der Waals surface area contributed by atoms with Gasteiger partial charge in [-0.2, -0.15) is 0 Å². The van der Waals surface area contributed by atoms with E-state index in [2.05, 4.69) is 21.2 Å². The third-order valence-electron chi connectivity index (χ3n) is 1.92. The van der Waals surface area contributed by atoms with Crippen LogP contribution in [0.15, 0.2) is 22.7 Å². The standard InChI is InChI=1S/C10H9BrFNO4/c11-7-3-5(12)1-2-6(7)9(15)13-4-8(14)10(16)17/h1-3,8,14H,4H2,(H,13,15)(H,16,17). The molecule has 0 aliphatic heterocycles. The van der Waals surface area contributed by atoms with Crippen LogP contribution in [0.25, 0.3) is 0 Å². The molecule has 1 amide bonds. The molecule has 0 heterocycles. The zero-order valence-electron chi connectivity index (χ0n) is 8.48. The van der Waals surface area contributed by atoms with Crippen LogP contribution >= 0.6 is 15.9 Å². The second-order valence-electron chi connectivity index (χ2n) is 3.19. The van der Waals surface area contributed by atoms with Crippen LogP contribution in [-0.4, -0.2) is 34.7 Å². The van der Waals surface area contributed by atoms with Gasteiger partial charge < -0.3 is 15.5 Å². The van der Waals surface area contributed by atoms with Gasteiger partial charge in [-0.05, 0) is 34.1 Å². The number of benzene rings is 1. The van der Waals surface area contributed by atoms with Gasteiger partial charge in [0.2, 0.25) is 0 Å². The van der Waals surface area contributed by atoms with Crippen LogP contribution in [0.2, 0.25) is 0 Å². The molecular formula is C10H9BrFNO4. The highest BCUT2D eigenvalue weighted by Crippen LogP contribution is 2.17. The van der Waals surface area contributed by atoms with Gasteiger partial charge in [0.1, 0.15) is 5.82 Å². The van der Waals surface area contributed by atoms with Crippen molar-refractivity contribution in [1.82, 2.24) is 5.32 Å². The molecule has 0 aromatic heterocycles. The maximum Gasteiger partial charge on any atom is 0.334 e. The molecule has 5 nitrogen and oxygen atoms in total. The number of aliphatic hydroxyl groups excluding tert-OH is 1. The Labute approximate surface area is 104 Å². The van der Waals surface area contributed by atoms with Gasteiger partial charge in [0, 0.05) is 4.47 Å². The number of carbonyl (C=O) groups excluding carboxylic acids is 1. The van der Waals surface area contributed by atoms with Gasteiger partial charge >= 0.3 is 5.97 Å². The van der Waals surface area contributed by atoms with Crippen LogP contribution in [0.3, 0.4) is 0 Å². The summed E-state index contributed by atoms with van der Waals surface area (Å²) in [5, 5.41) is 19.6.